The molecule has 0 fully saturated rings. The molecule has 3 aromatic rings. The summed E-state index contributed by atoms with van der Waals surface area (Å²) in [5.41, 5.74) is 1.68. The molecule has 1 aromatic heterocycles. The number of aromatic nitrogens is 3. The van der Waals surface area contributed by atoms with Crippen molar-refractivity contribution in [3.63, 3.8) is 0 Å². The third kappa shape index (κ3) is 2.57. The van der Waals surface area contributed by atoms with Crippen molar-refractivity contribution in [3.05, 3.63) is 66.5 Å². The molecule has 3 heteroatoms. The van der Waals surface area contributed by atoms with Gasteiger partial charge in [-0.05, 0) is 0 Å². The molecule has 0 saturated carbocycles. The zero-order chi connectivity index (χ0) is 15.6. The van der Waals surface area contributed by atoms with Crippen LogP contribution >= 0.6 is 0 Å². The molecule has 2 aromatic carbocycles. The maximum absolute atomic E-state index is 7.91. The first-order valence-electron chi connectivity index (χ1n) is 7.41. The van der Waals surface area contributed by atoms with Crippen LogP contribution in [0.15, 0.2) is 60.7 Å². The van der Waals surface area contributed by atoms with E-state index in [1.165, 1.54) is 6.92 Å². The van der Waals surface area contributed by atoms with Gasteiger partial charge in [-0.1, -0.05) is 67.6 Å². The SMILES string of the molecule is [2H]C([2H])(C)c1nc(-c2ccccc2)nc(-c2ccccc2)n1. The second-order valence-corrected chi connectivity index (χ2v) is 4.29. The summed E-state index contributed by atoms with van der Waals surface area (Å²) in [5, 5.41) is 0. The van der Waals surface area contributed by atoms with Crippen LogP contribution in [0.25, 0.3) is 22.8 Å². The molecule has 0 spiro atoms. The van der Waals surface area contributed by atoms with Gasteiger partial charge in [0.15, 0.2) is 11.6 Å². The molecule has 0 aliphatic rings. The van der Waals surface area contributed by atoms with Gasteiger partial charge in [0.05, 0.1) is 0 Å². The minimum atomic E-state index is -1.63. The summed E-state index contributed by atoms with van der Waals surface area (Å²) >= 11 is 0. The van der Waals surface area contributed by atoms with E-state index in [1.807, 2.05) is 60.7 Å². The van der Waals surface area contributed by atoms with Crippen LogP contribution < -0.4 is 0 Å². The van der Waals surface area contributed by atoms with E-state index in [-0.39, 0.29) is 5.82 Å². The molecule has 0 aliphatic heterocycles. The third-order valence-electron chi connectivity index (χ3n) is 2.92. The Morgan fingerprint density at radius 3 is 1.60 bits per heavy atom. The first-order chi connectivity index (χ1) is 10.5. The zero-order valence-electron chi connectivity index (χ0n) is 13.1. The zero-order valence-corrected chi connectivity index (χ0v) is 11.1. The Bertz CT molecular complexity index is 711. The molecule has 0 unspecified atom stereocenters. The minimum absolute atomic E-state index is 0.139. The Labute approximate surface area is 121 Å². The van der Waals surface area contributed by atoms with E-state index in [9.17, 15) is 0 Å². The molecular formula is C17H15N3. The molecular weight excluding hydrogens is 246 g/mol. The van der Waals surface area contributed by atoms with E-state index >= 15 is 0 Å². The number of benzene rings is 2. The highest BCUT2D eigenvalue weighted by molar-refractivity contribution is 5.60. The van der Waals surface area contributed by atoms with E-state index in [2.05, 4.69) is 15.0 Å². The summed E-state index contributed by atoms with van der Waals surface area (Å²) in [7, 11) is 0. The highest BCUT2D eigenvalue weighted by Gasteiger charge is 2.08. The highest BCUT2D eigenvalue weighted by Crippen LogP contribution is 2.19. The molecule has 0 bridgehead atoms. The highest BCUT2D eigenvalue weighted by atomic mass is 15.0. The summed E-state index contributed by atoms with van der Waals surface area (Å²) in [4.78, 5) is 13.1. The van der Waals surface area contributed by atoms with E-state index in [4.69, 9.17) is 2.74 Å². The van der Waals surface area contributed by atoms with Gasteiger partial charge in [0.25, 0.3) is 0 Å². The van der Waals surface area contributed by atoms with Gasteiger partial charge in [0.2, 0.25) is 0 Å². The van der Waals surface area contributed by atoms with Crippen molar-refractivity contribution in [1.29, 1.82) is 0 Å². The number of rotatable bonds is 3. The average Bonchev–Trinajstić information content (AvgIpc) is 2.55. The standard InChI is InChI=1S/C17H15N3/c1-2-15-18-16(13-9-5-3-6-10-13)20-17(19-15)14-11-7-4-8-12-14/h3-12H,2H2,1H3/i2D2. The van der Waals surface area contributed by atoms with Crippen molar-refractivity contribution in [3.8, 4) is 22.8 Å². The molecule has 20 heavy (non-hydrogen) atoms. The van der Waals surface area contributed by atoms with Crippen molar-refractivity contribution in [2.45, 2.75) is 13.3 Å². The monoisotopic (exact) mass is 263 g/mol. The lowest BCUT2D eigenvalue weighted by Crippen LogP contribution is -2.01. The summed E-state index contributed by atoms with van der Waals surface area (Å²) in [6.07, 6.45) is -1.63. The second-order valence-electron chi connectivity index (χ2n) is 4.29. The van der Waals surface area contributed by atoms with E-state index < -0.39 is 6.37 Å². The lowest BCUT2D eigenvalue weighted by atomic mass is 10.2. The van der Waals surface area contributed by atoms with E-state index in [0.717, 1.165) is 11.1 Å². The van der Waals surface area contributed by atoms with Gasteiger partial charge < -0.3 is 0 Å². The van der Waals surface area contributed by atoms with Crippen LogP contribution in [0.4, 0.5) is 0 Å². The Morgan fingerprint density at radius 2 is 1.20 bits per heavy atom. The number of nitrogens with zero attached hydrogens (tertiary/aromatic N) is 3. The van der Waals surface area contributed by atoms with Gasteiger partial charge in [-0.3, -0.25) is 0 Å². The van der Waals surface area contributed by atoms with Gasteiger partial charge in [-0.25, -0.2) is 15.0 Å². The number of hydrogen-bond acceptors (Lipinski definition) is 3. The quantitative estimate of drug-likeness (QED) is 0.722. The van der Waals surface area contributed by atoms with Crippen LogP contribution in [0, 0.1) is 0 Å². The molecule has 0 aliphatic carbocycles. The Kier molecular flexibility index (Phi) is 2.88. The van der Waals surface area contributed by atoms with Crippen LogP contribution in [-0.4, -0.2) is 15.0 Å². The van der Waals surface area contributed by atoms with Crippen molar-refractivity contribution >= 4 is 0 Å². The second kappa shape index (κ2) is 5.61. The molecule has 0 N–H and O–H groups in total. The Morgan fingerprint density at radius 1 is 0.750 bits per heavy atom. The molecule has 3 rings (SSSR count). The summed E-state index contributed by atoms with van der Waals surface area (Å²) in [6.45, 7) is 1.45. The van der Waals surface area contributed by atoms with Gasteiger partial charge in [-0.15, -0.1) is 0 Å². The van der Waals surface area contributed by atoms with Crippen LogP contribution in [0.2, 0.25) is 0 Å². The summed E-state index contributed by atoms with van der Waals surface area (Å²) in [5.74, 6) is 1.10. The topological polar surface area (TPSA) is 38.7 Å². The first-order valence-corrected chi connectivity index (χ1v) is 6.41. The van der Waals surface area contributed by atoms with Gasteiger partial charge in [-0.2, -0.15) is 0 Å². The third-order valence-corrected chi connectivity index (χ3v) is 2.92. The fourth-order valence-corrected chi connectivity index (χ4v) is 1.92. The maximum atomic E-state index is 7.91. The molecule has 98 valence electrons. The molecule has 0 atom stereocenters. The van der Waals surface area contributed by atoms with Crippen molar-refractivity contribution in [2.24, 2.45) is 0 Å². The van der Waals surface area contributed by atoms with Gasteiger partial charge >= 0.3 is 0 Å². The lowest BCUT2D eigenvalue weighted by molar-refractivity contribution is 0.910. The Balaban J connectivity index is 2.19. The number of hydrogen-bond donors (Lipinski definition) is 0. The average molecular weight is 263 g/mol. The van der Waals surface area contributed by atoms with Crippen molar-refractivity contribution in [1.82, 2.24) is 15.0 Å². The van der Waals surface area contributed by atoms with Gasteiger partial charge in [0.1, 0.15) is 5.82 Å². The van der Waals surface area contributed by atoms with Crippen molar-refractivity contribution in [2.75, 3.05) is 0 Å². The predicted octanol–water partition coefficient (Wildman–Crippen LogP) is 3.77. The number of aryl methyl sites for hydroxylation is 1. The molecule has 3 nitrogen and oxygen atoms in total. The minimum Gasteiger partial charge on any atom is -0.213 e. The van der Waals surface area contributed by atoms with Crippen molar-refractivity contribution < 1.29 is 2.74 Å². The largest absolute Gasteiger partial charge is 0.213 e. The summed E-state index contributed by atoms with van der Waals surface area (Å²) < 4.78 is 15.8. The molecule has 0 radical (unpaired) electrons. The Hall–Kier alpha value is -2.55. The normalized spacial score (nSPS) is 12.7. The van der Waals surface area contributed by atoms with Gasteiger partial charge in [0, 0.05) is 20.2 Å². The van der Waals surface area contributed by atoms with E-state index in [1.54, 1.807) is 0 Å². The molecule has 0 amide bonds. The fraction of sp³-hybridized carbons (Fsp3) is 0.118. The molecule has 1 heterocycles. The first kappa shape index (κ1) is 10.3. The van der Waals surface area contributed by atoms with Crippen LogP contribution in [0.3, 0.4) is 0 Å². The van der Waals surface area contributed by atoms with E-state index in [0.29, 0.717) is 11.6 Å². The lowest BCUT2D eigenvalue weighted by Gasteiger charge is -2.06. The van der Waals surface area contributed by atoms with Crippen LogP contribution in [-0.2, 0) is 6.37 Å². The predicted molar refractivity (Wildman–Crippen MR) is 80.1 cm³/mol. The maximum Gasteiger partial charge on any atom is 0.163 e. The fourth-order valence-electron chi connectivity index (χ4n) is 1.92. The van der Waals surface area contributed by atoms with Crippen LogP contribution in [0.5, 0.6) is 0 Å². The summed E-state index contributed by atoms with van der Waals surface area (Å²) in [6, 6.07) is 19.1. The smallest absolute Gasteiger partial charge is 0.163 e. The van der Waals surface area contributed by atoms with Crippen LogP contribution in [0.1, 0.15) is 15.5 Å². The molecule has 0 saturated heterocycles.